The van der Waals surface area contributed by atoms with Crippen LogP contribution in [-0.4, -0.2) is 19.7 Å². The van der Waals surface area contributed by atoms with E-state index < -0.39 is 0 Å². The zero-order valence-corrected chi connectivity index (χ0v) is 11.4. The number of fused-ring (bicyclic) bond motifs is 1. The van der Waals surface area contributed by atoms with E-state index in [2.05, 4.69) is 34.2 Å². The fourth-order valence-corrected chi connectivity index (χ4v) is 2.31. The molecule has 0 saturated carbocycles. The summed E-state index contributed by atoms with van der Waals surface area (Å²) in [6.07, 6.45) is 3.30. The standard InChI is InChI=1S/C16H12N4O/c1-11-3-2-4-12(7-11)16-19-14-6-5-13(8-15(14)21-16)20-9-17-18-10-20/h2-10H,1H3. The molecule has 5 heteroatoms. The van der Waals surface area contributed by atoms with E-state index in [0.717, 1.165) is 22.4 Å². The van der Waals surface area contributed by atoms with E-state index in [4.69, 9.17) is 4.42 Å². The topological polar surface area (TPSA) is 56.7 Å². The summed E-state index contributed by atoms with van der Waals surface area (Å²) in [7, 11) is 0. The molecule has 0 atom stereocenters. The first-order valence-electron chi connectivity index (χ1n) is 6.62. The molecule has 21 heavy (non-hydrogen) atoms. The van der Waals surface area contributed by atoms with Crippen molar-refractivity contribution in [2.45, 2.75) is 6.92 Å². The van der Waals surface area contributed by atoms with Gasteiger partial charge in [-0.25, -0.2) is 4.98 Å². The molecule has 4 rings (SSSR count). The molecule has 0 amide bonds. The van der Waals surface area contributed by atoms with Gasteiger partial charge in [-0.05, 0) is 31.2 Å². The van der Waals surface area contributed by atoms with Crippen LogP contribution in [0.25, 0.3) is 28.2 Å². The molecule has 0 aliphatic rings. The van der Waals surface area contributed by atoms with E-state index in [1.165, 1.54) is 5.56 Å². The second kappa shape index (κ2) is 4.56. The second-order valence-electron chi connectivity index (χ2n) is 4.91. The first-order valence-corrected chi connectivity index (χ1v) is 6.62. The quantitative estimate of drug-likeness (QED) is 0.563. The first-order chi connectivity index (χ1) is 10.3. The Bertz CT molecular complexity index is 909. The monoisotopic (exact) mass is 276 g/mol. The van der Waals surface area contributed by atoms with Crippen molar-refractivity contribution in [3.05, 3.63) is 60.7 Å². The van der Waals surface area contributed by atoms with Gasteiger partial charge in [0.25, 0.3) is 0 Å². The van der Waals surface area contributed by atoms with Gasteiger partial charge in [0.2, 0.25) is 5.89 Å². The average molecular weight is 276 g/mol. The summed E-state index contributed by atoms with van der Waals surface area (Å²) in [4.78, 5) is 4.54. The van der Waals surface area contributed by atoms with Crippen LogP contribution in [0.5, 0.6) is 0 Å². The summed E-state index contributed by atoms with van der Waals surface area (Å²) >= 11 is 0. The van der Waals surface area contributed by atoms with Crippen molar-refractivity contribution < 1.29 is 4.42 Å². The average Bonchev–Trinajstić information content (AvgIpc) is 3.16. The van der Waals surface area contributed by atoms with Crippen LogP contribution >= 0.6 is 0 Å². The van der Waals surface area contributed by atoms with Gasteiger partial charge in [0.05, 0.1) is 5.69 Å². The van der Waals surface area contributed by atoms with Crippen LogP contribution in [0.15, 0.2) is 59.5 Å². The lowest BCUT2D eigenvalue weighted by molar-refractivity contribution is 0.619. The number of aryl methyl sites for hydroxylation is 1. The van der Waals surface area contributed by atoms with Crippen molar-refractivity contribution >= 4 is 11.1 Å². The van der Waals surface area contributed by atoms with Crippen molar-refractivity contribution in [3.8, 4) is 17.1 Å². The third kappa shape index (κ3) is 2.08. The Labute approximate surface area is 120 Å². The van der Waals surface area contributed by atoms with E-state index >= 15 is 0 Å². The van der Waals surface area contributed by atoms with Crippen LogP contribution in [0.2, 0.25) is 0 Å². The van der Waals surface area contributed by atoms with Crippen molar-refractivity contribution in [2.75, 3.05) is 0 Å². The van der Waals surface area contributed by atoms with Crippen molar-refractivity contribution in [1.82, 2.24) is 19.7 Å². The van der Waals surface area contributed by atoms with Gasteiger partial charge in [-0.2, -0.15) is 0 Å². The van der Waals surface area contributed by atoms with Gasteiger partial charge < -0.3 is 4.42 Å². The largest absolute Gasteiger partial charge is 0.436 e. The van der Waals surface area contributed by atoms with Crippen molar-refractivity contribution in [1.29, 1.82) is 0 Å². The molecule has 4 aromatic rings. The van der Waals surface area contributed by atoms with Crippen LogP contribution in [0, 0.1) is 6.92 Å². The molecular formula is C16H12N4O. The molecule has 0 spiro atoms. The molecule has 0 saturated heterocycles. The predicted octanol–water partition coefficient (Wildman–Crippen LogP) is 3.38. The summed E-state index contributed by atoms with van der Waals surface area (Å²) < 4.78 is 7.71. The summed E-state index contributed by atoms with van der Waals surface area (Å²) in [6, 6.07) is 14.0. The normalized spacial score (nSPS) is 11.1. The molecule has 0 fully saturated rings. The number of oxazole rings is 1. The number of benzene rings is 2. The fourth-order valence-electron chi connectivity index (χ4n) is 2.31. The summed E-state index contributed by atoms with van der Waals surface area (Å²) in [6.45, 7) is 2.05. The first kappa shape index (κ1) is 11.8. The highest BCUT2D eigenvalue weighted by Gasteiger charge is 2.09. The maximum Gasteiger partial charge on any atom is 0.227 e. The minimum Gasteiger partial charge on any atom is -0.436 e. The highest BCUT2D eigenvalue weighted by molar-refractivity contribution is 5.78. The van der Waals surface area contributed by atoms with E-state index in [9.17, 15) is 0 Å². The SMILES string of the molecule is Cc1cccc(-c2nc3ccc(-n4cnnc4)cc3o2)c1. The molecule has 2 aromatic heterocycles. The Balaban J connectivity index is 1.83. The van der Waals surface area contributed by atoms with Gasteiger partial charge in [-0.15, -0.1) is 10.2 Å². The molecule has 0 radical (unpaired) electrons. The molecule has 5 nitrogen and oxygen atoms in total. The molecule has 0 aliphatic heterocycles. The molecule has 102 valence electrons. The maximum atomic E-state index is 5.88. The number of hydrogen-bond donors (Lipinski definition) is 0. The second-order valence-corrected chi connectivity index (χ2v) is 4.91. The van der Waals surface area contributed by atoms with Crippen LogP contribution in [0.3, 0.4) is 0 Å². The molecular weight excluding hydrogens is 264 g/mol. The van der Waals surface area contributed by atoms with Gasteiger partial charge in [0.15, 0.2) is 5.58 Å². The lowest BCUT2D eigenvalue weighted by atomic mass is 10.1. The molecule has 2 aromatic carbocycles. The minimum absolute atomic E-state index is 0.634. The van der Waals surface area contributed by atoms with Crippen LogP contribution < -0.4 is 0 Å². The van der Waals surface area contributed by atoms with Crippen molar-refractivity contribution in [3.63, 3.8) is 0 Å². The number of aromatic nitrogens is 4. The smallest absolute Gasteiger partial charge is 0.227 e. The Morgan fingerprint density at radius 2 is 1.86 bits per heavy atom. The van der Waals surface area contributed by atoms with Gasteiger partial charge in [-0.3, -0.25) is 4.57 Å². The zero-order chi connectivity index (χ0) is 14.2. The predicted molar refractivity (Wildman–Crippen MR) is 79.1 cm³/mol. The molecule has 0 unspecified atom stereocenters. The van der Waals surface area contributed by atoms with Gasteiger partial charge >= 0.3 is 0 Å². The van der Waals surface area contributed by atoms with Gasteiger partial charge in [0.1, 0.15) is 18.2 Å². The molecule has 0 bridgehead atoms. The summed E-state index contributed by atoms with van der Waals surface area (Å²) in [5.74, 6) is 0.634. The maximum absolute atomic E-state index is 5.88. The fraction of sp³-hybridized carbons (Fsp3) is 0.0625. The zero-order valence-electron chi connectivity index (χ0n) is 11.4. The molecule has 0 aliphatic carbocycles. The van der Waals surface area contributed by atoms with E-state index in [-0.39, 0.29) is 0 Å². The highest BCUT2D eigenvalue weighted by Crippen LogP contribution is 2.26. The third-order valence-corrected chi connectivity index (χ3v) is 3.35. The van der Waals surface area contributed by atoms with Gasteiger partial charge in [0, 0.05) is 11.6 Å². The van der Waals surface area contributed by atoms with Crippen molar-refractivity contribution in [2.24, 2.45) is 0 Å². The Kier molecular flexibility index (Phi) is 2.57. The molecule has 0 N–H and O–H groups in total. The summed E-state index contributed by atoms with van der Waals surface area (Å²) in [5, 5.41) is 7.62. The van der Waals surface area contributed by atoms with E-state index in [1.54, 1.807) is 12.7 Å². The highest BCUT2D eigenvalue weighted by atomic mass is 16.3. The number of nitrogens with zero attached hydrogens (tertiary/aromatic N) is 4. The van der Waals surface area contributed by atoms with E-state index in [1.807, 2.05) is 34.9 Å². The van der Waals surface area contributed by atoms with Crippen LogP contribution in [0.1, 0.15) is 5.56 Å². The Morgan fingerprint density at radius 3 is 2.67 bits per heavy atom. The Morgan fingerprint density at radius 1 is 1.00 bits per heavy atom. The summed E-state index contributed by atoms with van der Waals surface area (Å²) in [5.41, 5.74) is 4.69. The van der Waals surface area contributed by atoms with Gasteiger partial charge in [-0.1, -0.05) is 17.7 Å². The lowest BCUT2D eigenvalue weighted by Gasteiger charge is -1.98. The van der Waals surface area contributed by atoms with Crippen LogP contribution in [-0.2, 0) is 0 Å². The third-order valence-electron chi connectivity index (χ3n) is 3.35. The van der Waals surface area contributed by atoms with Crippen LogP contribution in [0.4, 0.5) is 0 Å². The Hall–Kier alpha value is -2.95. The number of hydrogen-bond acceptors (Lipinski definition) is 4. The minimum atomic E-state index is 0.634. The number of rotatable bonds is 2. The van der Waals surface area contributed by atoms with E-state index in [0.29, 0.717) is 5.89 Å². The molecule has 2 heterocycles. The lowest BCUT2D eigenvalue weighted by Crippen LogP contribution is -1.88.